The minimum atomic E-state index is -0.917. The van der Waals surface area contributed by atoms with Crippen molar-refractivity contribution in [2.75, 3.05) is 13.2 Å². The number of rotatable bonds is 4. The molecule has 0 saturated carbocycles. The van der Waals surface area contributed by atoms with E-state index in [9.17, 15) is 9.59 Å². The smallest absolute Gasteiger partial charge is 0.315 e. The molecule has 2 amide bonds. The van der Waals surface area contributed by atoms with Crippen LogP contribution in [0, 0.1) is 5.41 Å². The lowest BCUT2D eigenvalue weighted by Crippen LogP contribution is -2.51. The maximum absolute atomic E-state index is 11.8. The Morgan fingerprint density at radius 3 is 2.56 bits per heavy atom. The van der Waals surface area contributed by atoms with Gasteiger partial charge in [0, 0.05) is 12.6 Å². The summed E-state index contributed by atoms with van der Waals surface area (Å²) in [5.74, 6) is -0.917. The molecule has 1 aliphatic rings. The predicted octanol–water partition coefficient (Wildman–Crippen LogP) is 0.964. The molecule has 2 unspecified atom stereocenters. The van der Waals surface area contributed by atoms with E-state index in [2.05, 4.69) is 10.6 Å². The third-order valence-electron chi connectivity index (χ3n) is 2.99. The van der Waals surface area contributed by atoms with Gasteiger partial charge < -0.3 is 20.5 Å². The maximum Gasteiger partial charge on any atom is 0.315 e. The summed E-state index contributed by atoms with van der Waals surface area (Å²) in [6, 6.07) is -0.709. The highest BCUT2D eigenvalue weighted by Gasteiger charge is 2.29. The normalized spacial score (nSPS) is 21.4. The second-order valence-electron chi connectivity index (χ2n) is 5.69. The molecule has 1 heterocycles. The van der Waals surface area contributed by atoms with Crippen LogP contribution in [0.5, 0.6) is 0 Å². The highest BCUT2D eigenvalue weighted by Crippen LogP contribution is 2.21. The third-order valence-corrected chi connectivity index (χ3v) is 2.99. The molecule has 0 aromatic heterocycles. The number of aliphatic carboxylic acids is 1. The zero-order valence-electron chi connectivity index (χ0n) is 11.2. The first kappa shape index (κ1) is 14.8. The van der Waals surface area contributed by atoms with E-state index in [1.807, 2.05) is 20.8 Å². The second kappa shape index (κ2) is 6.04. The Morgan fingerprint density at radius 2 is 2.11 bits per heavy atom. The molecule has 2 atom stereocenters. The van der Waals surface area contributed by atoms with E-state index in [1.54, 1.807) is 0 Å². The van der Waals surface area contributed by atoms with Gasteiger partial charge in [-0.05, 0) is 11.8 Å². The Hall–Kier alpha value is -1.30. The molecular weight excluding hydrogens is 236 g/mol. The molecule has 0 aromatic carbocycles. The predicted molar refractivity (Wildman–Crippen MR) is 66.4 cm³/mol. The maximum atomic E-state index is 11.8. The lowest BCUT2D eigenvalue weighted by atomic mass is 9.85. The summed E-state index contributed by atoms with van der Waals surface area (Å²) >= 11 is 0. The Balaban J connectivity index is 2.48. The van der Waals surface area contributed by atoms with Gasteiger partial charge in [-0.1, -0.05) is 20.8 Å². The van der Waals surface area contributed by atoms with Gasteiger partial charge in [0.1, 0.15) is 0 Å². The fraction of sp³-hybridized carbons (Fsp3) is 0.833. The van der Waals surface area contributed by atoms with Gasteiger partial charge in [-0.2, -0.15) is 0 Å². The van der Waals surface area contributed by atoms with Gasteiger partial charge >= 0.3 is 12.0 Å². The first-order chi connectivity index (χ1) is 8.29. The summed E-state index contributed by atoms with van der Waals surface area (Å²) in [4.78, 5) is 22.6. The molecule has 0 spiro atoms. The van der Waals surface area contributed by atoms with Crippen molar-refractivity contribution in [1.82, 2.24) is 10.6 Å². The summed E-state index contributed by atoms with van der Waals surface area (Å²) in [5, 5.41) is 14.4. The number of carboxylic acid groups (broad SMARTS) is 1. The average Bonchev–Trinajstić information content (AvgIpc) is 2.67. The molecule has 1 fully saturated rings. The van der Waals surface area contributed by atoms with Gasteiger partial charge in [0.05, 0.1) is 19.1 Å². The second-order valence-corrected chi connectivity index (χ2v) is 5.69. The van der Waals surface area contributed by atoms with Crippen LogP contribution < -0.4 is 10.6 Å². The summed E-state index contributed by atoms with van der Waals surface area (Å²) < 4.78 is 5.16. The number of amides is 2. The number of carbonyl (C=O) groups is 2. The Morgan fingerprint density at radius 1 is 1.44 bits per heavy atom. The Labute approximate surface area is 107 Å². The van der Waals surface area contributed by atoms with Crippen LogP contribution >= 0.6 is 0 Å². The largest absolute Gasteiger partial charge is 0.481 e. The average molecular weight is 258 g/mol. The number of urea groups is 1. The van der Waals surface area contributed by atoms with Gasteiger partial charge in [0.2, 0.25) is 0 Å². The van der Waals surface area contributed by atoms with E-state index in [1.165, 1.54) is 0 Å². The van der Waals surface area contributed by atoms with Crippen LogP contribution in [0.3, 0.4) is 0 Å². The molecule has 1 saturated heterocycles. The quantitative estimate of drug-likeness (QED) is 0.701. The van der Waals surface area contributed by atoms with Crippen LogP contribution in [0.25, 0.3) is 0 Å². The number of ether oxygens (including phenoxy) is 1. The van der Waals surface area contributed by atoms with E-state index >= 15 is 0 Å². The van der Waals surface area contributed by atoms with Crippen molar-refractivity contribution in [3.05, 3.63) is 0 Å². The van der Waals surface area contributed by atoms with Crippen LogP contribution in [0.4, 0.5) is 4.79 Å². The SMILES string of the molecule is CC(C)(C)C(CC(=O)O)NC(=O)NC1CCOC1. The first-order valence-electron chi connectivity index (χ1n) is 6.15. The van der Waals surface area contributed by atoms with Crippen LogP contribution in [-0.2, 0) is 9.53 Å². The van der Waals surface area contributed by atoms with Crippen LogP contribution in [0.1, 0.15) is 33.6 Å². The molecule has 3 N–H and O–H groups in total. The van der Waals surface area contributed by atoms with Crippen molar-refractivity contribution in [3.63, 3.8) is 0 Å². The van der Waals surface area contributed by atoms with E-state index in [0.29, 0.717) is 13.2 Å². The van der Waals surface area contributed by atoms with Crippen LogP contribution in [0.2, 0.25) is 0 Å². The fourth-order valence-corrected chi connectivity index (χ4v) is 1.78. The number of carbonyl (C=O) groups excluding carboxylic acids is 1. The minimum absolute atomic E-state index is 0.0236. The molecule has 0 radical (unpaired) electrons. The lowest BCUT2D eigenvalue weighted by Gasteiger charge is -2.30. The van der Waals surface area contributed by atoms with Crippen LogP contribution in [0.15, 0.2) is 0 Å². The molecule has 18 heavy (non-hydrogen) atoms. The summed E-state index contributed by atoms with van der Waals surface area (Å²) in [6.07, 6.45) is 0.713. The van der Waals surface area contributed by atoms with Gasteiger partial charge in [-0.3, -0.25) is 4.79 Å². The van der Waals surface area contributed by atoms with E-state index in [-0.39, 0.29) is 23.9 Å². The zero-order chi connectivity index (χ0) is 13.8. The molecular formula is C12H22N2O4. The highest BCUT2D eigenvalue weighted by atomic mass is 16.5. The summed E-state index contributed by atoms with van der Waals surface area (Å²) in [7, 11) is 0. The van der Waals surface area contributed by atoms with Gasteiger partial charge in [-0.25, -0.2) is 4.79 Å². The van der Waals surface area contributed by atoms with Gasteiger partial charge in [0.15, 0.2) is 0 Å². The van der Waals surface area contributed by atoms with Gasteiger partial charge in [0.25, 0.3) is 0 Å². The minimum Gasteiger partial charge on any atom is -0.481 e. The topological polar surface area (TPSA) is 87.7 Å². The number of hydrogen-bond donors (Lipinski definition) is 3. The number of hydrogen-bond acceptors (Lipinski definition) is 3. The van der Waals surface area contributed by atoms with Crippen molar-refractivity contribution in [2.45, 2.75) is 45.7 Å². The highest BCUT2D eigenvalue weighted by molar-refractivity contribution is 5.76. The molecule has 6 heteroatoms. The third kappa shape index (κ3) is 4.91. The number of carboxylic acids is 1. The molecule has 6 nitrogen and oxygen atoms in total. The van der Waals surface area contributed by atoms with E-state index in [4.69, 9.17) is 9.84 Å². The Kier molecular flexibility index (Phi) is 4.95. The van der Waals surface area contributed by atoms with Crippen LogP contribution in [-0.4, -0.2) is 42.4 Å². The number of nitrogens with one attached hydrogen (secondary N) is 2. The standard InChI is InChI=1S/C12H22N2O4/c1-12(2,3)9(6-10(15)16)14-11(17)13-8-4-5-18-7-8/h8-9H,4-7H2,1-3H3,(H,15,16)(H2,13,14,17). The summed E-state index contributed by atoms with van der Waals surface area (Å²) in [5.41, 5.74) is -0.304. The molecule has 1 aliphatic heterocycles. The Bertz CT molecular complexity index is 306. The monoisotopic (exact) mass is 258 g/mol. The first-order valence-corrected chi connectivity index (χ1v) is 6.15. The summed E-state index contributed by atoms with van der Waals surface area (Å²) in [6.45, 7) is 6.88. The van der Waals surface area contributed by atoms with Crippen molar-refractivity contribution < 1.29 is 19.4 Å². The van der Waals surface area contributed by atoms with E-state index in [0.717, 1.165) is 6.42 Å². The molecule has 0 aromatic rings. The molecule has 104 valence electrons. The zero-order valence-corrected chi connectivity index (χ0v) is 11.2. The lowest BCUT2D eigenvalue weighted by molar-refractivity contribution is -0.138. The van der Waals surface area contributed by atoms with Crippen molar-refractivity contribution in [1.29, 1.82) is 0 Å². The molecule has 0 aliphatic carbocycles. The van der Waals surface area contributed by atoms with Gasteiger partial charge in [-0.15, -0.1) is 0 Å². The van der Waals surface area contributed by atoms with Crippen molar-refractivity contribution in [2.24, 2.45) is 5.41 Å². The van der Waals surface area contributed by atoms with Crippen molar-refractivity contribution in [3.8, 4) is 0 Å². The van der Waals surface area contributed by atoms with Crippen molar-refractivity contribution >= 4 is 12.0 Å². The fourth-order valence-electron chi connectivity index (χ4n) is 1.78. The molecule has 1 rings (SSSR count). The van der Waals surface area contributed by atoms with E-state index < -0.39 is 12.0 Å². The molecule has 0 bridgehead atoms.